The maximum absolute atomic E-state index is 6.87. The monoisotopic (exact) mass is 890 g/mol. The van der Waals surface area contributed by atoms with Gasteiger partial charge in [-0.2, -0.15) is 0 Å². The van der Waals surface area contributed by atoms with E-state index in [2.05, 4.69) is 236 Å². The smallest absolute Gasteiger partial charge is 0.152 e. The molecule has 2 aliphatic heterocycles. The van der Waals surface area contributed by atoms with Gasteiger partial charge in [0.2, 0.25) is 0 Å². The lowest BCUT2D eigenvalue weighted by molar-refractivity contribution is 0.410. The zero-order valence-corrected chi connectivity index (χ0v) is 38.8. The van der Waals surface area contributed by atoms with Crippen LogP contribution < -0.4 is 19.3 Å². The van der Waals surface area contributed by atoms with Crippen LogP contribution in [0.15, 0.2) is 240 Å². The van der Waals surface area contributed by atoms with Crippen LogP contribution in [-0.2, 0) is 5.41 Å². The summed E-state index contributed by atoms with van der Waals surface area (Å²) < 4.78 is 13.7. The summed E-state index contributed by atoms with van der Waals surface area (Å²) in [6.07, 6.45) is 22.1. The molecule has 7 aromatic rings. The van der Waals surface area contributed by atoms with Gasteiger partial charge >= 0.3 is 0 Å². The van der Waals surface area contributed by atoms with Gasteiger partial charge in [0.1, 0.15) is 5.76 Å². The Kier molecular flexibility index (Phi) is 8.98. The summed E-state index contributed by atoms with van der Waals surface area (Å²) in [6, 6.07) is 60.3. The second kappa shape index (κ2) is 15.5. The van der Waals surface area contributed by atoms with Crippen LogP contribution in [0.3, 0.4) is 0 Å². The van der Waals surface area contributed by atoms with E-state index in [0.717, 1.165) is 70.6 Å². The zero-order valence-electron chi connectivity index (χ0n) is 38.8. The first kappa shape index (κ1) is 40.0. The van der Waals surface area contributed by atoms with Gasteiger partial charge in [0.05, 0.1) is 34.2 Å². The number of nitrogens with zero attached hydrogens (tertiary/aromatic N) is 2. The molecule has 3 atom stereocenters. The molecule has 0 fully saturated rings. The fourth-order valence-corrected chi connectivity index (χ4v) is 12.6. The maximum Gasteiger partial charge on any atom is 0.152 e. The van der Waals surface area contributed by atoms with Crippen molar-refractivity contribution in [3.8, 4) is 28.4 Å². The molecule has 0 N–H and O–H groups in total. The quantitative estimate of drug-likeness (QED) is 0.166. The average molecular weight is 891 g/mol. The molecule has 0 aromatic heterocycles. The molecule has 7 aromatic carbocycles. The van der Waals surface area contributed by atoms with Crippen molar-refractivity contribution in [3.63, 3.8) is 0 Å². The predicted molar refractivity (Wildman–Crippen MR) is 281 cm³/mol. The third-order valence-electron chi connectivity index (χ3n) is 15.7. The average Bonchev–Trinajstić information content (AvgIpc) is 3.70. The zero-order chi connectivity index (χ0) is 45.8. The molecule has 332 valence electrons. The highest BCUT2D eigenvalue weighted by atomic mass is 16.5. The highest BCUT2D eigenvalue weighted by Crippen LogP contribution is 2.65. The van der Waals surface area contributed by atoms with Crippen LogP contribution in [0.2, 0.25) is 0 Å². The van der Waals surface area contributed by atoms with Crippen molar-refractivity contribution >= 4 is 28.8 Å². The second-order valence-corrected chi connectivity index (χ2v) is 19.6. The predicted octanol–water partition coefficient (Wildman–Crippen LogP) is 16.3. The molecular weight excluding hydrogens is 841 g/mol. The lowest BCUT2D eigenvalue weighted by Crippen LogP contribution is -2.38. The molecule has 0 radical (unpaired) electrons. The molecule has 2 heterocycles. The number of fused-ring (bicyclic) bond motifs is 3. The van der Waals surface area contributed by atoms with Crippen molar-refractivity contribution in [1.82, 2.24) is 0 Å². The number of anilines is 4. The van der Waals surface area contributed by atoms with Crippen molar-refractivity contribution in [3.05, 3.63) is 273 Å². The molecule has 14 rings (SSSR count). The van der Waals surface area contributed by atoms with E-state index in [0.29, 0.717) is 0 Å². The van der Waals surface area contributed by atoms with E-state index in [1.54, 1.807) is 0 Å². The summed E-state index contributed by atoms with van der Waals surface area (Å²) in [7, 11) is 0. The van der Waals surface area contributed by atoms with Gasteiger partial charge in [-0.3, -0.25) is 0 Å². The Morgan fingerprint density at radius 2 is 1.30 bits per heavy atom. The number of rotatable bonds is 6. The summed E-state index contributed by atoms with van der Waals surface area (Å²) in [5.74, 6) is 3.87. The number of benzene rings is 7. The number of hydrogen-bond acceptors (Lipinski definition) is 4. The van der Waals surface area contributed by atoms with E-state index in [9.17, 15) is 0 Å². The molecule has 0 spiro atoms. The van der Waals surface area contributed by atoms with E-state index in [4.69, 9.17) is 9.47 Å². The number of allylic oxidation sites excluding steroid dienone is 10. The van der Waals surface area contributed by atoms with Gasteiger partial charge in [-0.1, -0.05) is 157 Å². The fraction of sp³-hybridized carbons (Fsp3) is 0.138. The molecule has 5 aliphatic carbocycles. The van der Waals surface area contributed by atoms with Crippen molar-refractivity contribution < 1.29 is 9.47 Å². The van der Waals surface area contributed by atoms with Crippen LogP contribution in [0.1, 0.15) is 65.5 Å². The largest absolute Gasteiger partial charge is 0.453 e. The number of ether oxygens (including phenoxy) is 2. The van der Waals surface area contributed by atoms with E-state index >= 15 is 0 Å². The van der Waals surface area contributed by atoms with Gasteiger partial charge in [0.25, 0.3) is 0 Å². The number of para-hydroxylation sites is 4. The minimum absolute atomic E-state index is 0.112. The molecule has 3 unspecified atom stereocenters. The Bertz CT molecular complexity index is 3470. The van der Waals surface area contributed by atoms with Gasteiger partial charge < -0.3 is 19.3 Å². The summed E-state index contributed by atoms with van der Waals surface area (Å²) in [5.41, 5.74) is 20.7. The Morgan fingerprint density at radius 1 is 0.594 bits per heavy atom. The van der Waals surface area contributed by atoms with E-state index in [1.807, 2.05) is 0 Å². The van der Waals surface area contributed by atoms with Crippen molar-refractivity contribution in [2.45, 2.75) is 50.5 Å². The first-order valence-corrected chi connectivity index (χ1v) is 24.5. The first-order chi connectivity index (χ1) is 34.0. The SMILES string of the molecule is CC1=CCC(N2C3=C(C=C(C4=CC5C6C(=C4)C=Cc4cc(-c7ccc8c(c7)Oc7ccccc7N8c7ccc(C)cc7)cc(c46)C5(c4ccccc4)c4ccccc4)CC3)Oc3ccccc32)C=C1. The lowest BCUT2D eigenvalue weighted by Gasteiger charge is -2.42. The normalized spacial score (nSPS) is 20.8. The Morgan fingerprint density at radius 3 is 2.06 bits per heavy atom. The fourth-order valence-electron chi connectivity index (χ4n) is 12.6. The third-order valence-corrected chi connectivity index (χ3v) is 15.7. The standard InChI is InChI=1S/C65H50N2O2/c1-41-21-29-51(30-22-41)66-55-17-9-11-19-59(55)68-61-39-43(27-33-57(61)66)47-35-45-25-26-46-36-48(38-54-64(46)63(45)53(37-47)65(54,49-13-5-3-6-14-49)50-15-7-4-8-16-50)44-28-34-58-62(40-44)69-60-20-12-10-18-56(60)67(58)52-31-23-42(2)24-32-52/h3-27,29-31,33,35-40,52,54,64H,28,32,34H2,1-2H3. The summed E-state index contributed by atoms with van der Waals surface area (Å²) in [5, 5.41) is 0. The molecule has 0 saturated heterocycles. The molecule has 4 nitrogen and oxygen atoms in total. The van der Waals surface area contributed by atoms with Gasteiger partial charge in [-0.25, -0.2) is 0 Å². The minimum Gasteiger partial charge on any atom is -0.453 e. The van der Waals surface area contributed by atoms with Crippen molar-refractivity contribution in [1.29, 1.82) is 0 Å². The van der Waals surface area contributed by atoms with Gasteiger partial charge in [0.15, 0.2) is 17.2 Å². The number of hydrogen-bond donors (Lipinski definition) is 0. The third kappa shape index (κ3) is 6.14. The molecule has 4 heteroatoms. The van der Waals surface area contributed by atoms with Crippen LogP contribution in [0.25, 0.3) is 17.2 Å². The first-order valence-electron chi connectivity index (χ1n) is 24.5. The molecule has 7 aliphatic rings. The number of aryl methyl sites for hydroxylation is 1. The molecule has 69 heavy (non-hydrogen) atoms. The Hall–Kier alpha value is -8.08. The van der Waals surface area contributed by atoms with Gasteiger partial charge in [0, 0.05) is 17.5 Å². The van der Waals surface area contributed by atoms with E-state index in [1.165, 1.54) is 66.9 Å². The summed E-state index contributed by atoms with van der Waals surface area (Å²) in [6.45, 7) is 4.32. The lowest BCUT2D eigenvalue weighted by atomic mass is 9.61. The second-order valence-electron chi connectivity index (χ2n) is 19.6. The van der Waals surface area contributed by atoms with Gasteiger partial charge in [-0.05, 0) is 156 Å². The Labute approximate surface area is 404 Å². The highest BCUT2D eigenvalue weighted by molar-refractivity contribution is 5.89. The van der Waals surface area contributed by atoms with E-state index < -0.39 is 5.41 Å². The van der Waals surface area contributed by atoms with Crippen molar-refractivity contribution in [2.24, 2.45) is 5.92 Å². The van der Waals surface area contributed by atoms with Crippen LogP contribution >= 0.6 is 0 Å². The van der Waals surface area contributed by atoms with Crippen molar-refractivity contribution in [2.75, 3.05) is 9.80 Å². The molecular formula is C65H50N2O2. The summed E-state index contributed by atoms with van der Waals surface area (Å²) >= 11 is 0. The topological polar surface area (TPSA) is 24.9 Å². The molecule has 0 bridgehead atoms. The van der Waals surface area contributed by atoms with Crippen LogP contribution in [0, 0.1) is 12.8 Å². The molecule has 0 amide bonds. The minimum atomic E-state index is -0.481. The van der Waals surface area contributed by atoms with Crippen LogP contribution in [-0.4, -0.2) is 6.04 Å². The maximum atomic E-state index is 6.87. The Balaban J connectivity index is 0.923. The van der Waals surface area contributed by atoms with Crippen LogP contribution in [0.4, 0.5) is 22.7 Å². The van der Waals surface area contributed by atoms with Gasteiger partial charge in [-0.15, -0.1) is 0 Å². The van der Waals surface area contributed by atoms with E-state index in [-0.39, 0.29) is 17.9 Å². The summed E-state index contributed by atoms with van der Waals surface area (Å²) in [4.78, 5) is 4.87. The molecule has 0 saturated carbocycles. The van der Waals surface area contributed by atoms with Crippen LogP contribution in [0.5, 0.6) is 17.2 Å². The highest BCUT2D eigenvalue weighted by Gasteiger charge is 2.56.